The highest BCUT2D eigenvalue weighted by molar-refractivity contribution is 5.74. The number of piperidine rings is 1. The molecule has 1 aromatic carbocycles. The standard InChI is InChI=1S/C15H20N6O/c1-20-14(17-18-19-20)13-8-5-9-21(11-13)15(22)16-10-12-6-3-2-4-7-12/h2-4,6-7,13H,5,8-11H2,1H3,(H,16,22). The Labute approximate surface area is 129 Å². The molecule has 0 radical (unpaired) electrons. The maximum Gasteiger partial charge on any atom is 0.317 e. The topological polar surface area (TPSA) is 75.9 Å². The summed E-state index contributed by atoms with van der Waals surface area (Å²) < 4.78 is 1.69. The van der Waals surface area contributed by atoms with Crippen molar-refractivity contribution in [1.82, 2.24) is 30.4 Å². The van der Waals surface area contributed by atoms with E-state index in [0.29, 0.717) is 13.1 Å². The van der Waals surface area contributed by atoms with Gasteiger partial charge in [-0.15, -0.1) is 5.10 Å². The van der Waals surface area contributed by atoms with E-state index in [1.54, 1.807) is 4.68 Å². The van der Waals surface area contributed by atoms with E-state index in [0.717, 1.165) is 30.8 Å². The fourth-order valence-corrected chi connectivity index (χ4v) is 2.84. The smallest absolute Gasteiger partial charge is 0.317 e. The van der Waals surface area contributed by atoms with E-state index in [9.17, 15) is 4.79 Å². The van der Waals surface area contributed by atoms with E-state index in [4.69, 9.17) is 0 Å². The molecule has 1 fully saturated rings. The summed E-state index contributed by atoms with van der Waals surface area (Å²) >= 11 is 0. The number of carbonyl (C=O) groups excluding carboxylic acids is 1. The van der Waals surface area contributed by atoms with Gasteiger partial charge in [0.2, 0.25) is 0 Å². The lowest BCUT2D eigenvalue weighted by Crippen LogP contribution is -2.45. The van der Waals surface area contributed by atoms with Gasteiger partial charge >= 0.3 is 6.03 Å². The monoisotopic (exact) mass is 300 g/mol. The summed E-state index contributed by atoms with van der Waals surface area (Å²) in [6.45, 7) is 1.99. The molecule has 116 valence electrons. The number of aryl methyl sites for hydroxylation is 1. The fourth-order valence-electron chi connectivity index (χ4n) is 2.84. The fraction of sp³-hybridized carbons (Fsp3) is 0.467. The first-order chi connectivity index (χ1) is 10.7. The van der Waals surface area contributed by atoms with E-state index in [2.05, 4.69) is 20.8 Å². The molecule has 1 atom stereocenters. The van der Waals surface area contributed by atoms with Crippen LogP contribution in [0.25, 0.3) is 0 Å². The van der Waals surface area contributed by atoms with Crippen LogP contribution in [-0.4, -0.2) is 44.2 Å². The molecule has 2 amide bonds. The molecular weight excluding hydrogens is 280 g/mol. The van der Waals surface area contributed by atoms with Gasteiger partial charge in [0.25, 0.3) is 0 Å². The Morgan fingerprint density at radius 1 is 1.36 bits per heavy atom. The molecular formula is C15H20N6O. The summed E-state index contributed by atoms with van der Waals surface area (Å²) in [4.78, 5) is 14.2. The molecule has 0 spiro atoms. The Morgan fingerprint density at radius 3 is 2.91 bits per heavy atom. The molecule has 0 bridgehead atoms. The van der Waals surface area contributed by atoms with E-state index >= 15 is 0 Å². The van der Waals surface area contributed by atoms with Crippen LogP contribution in [0.1, 0.15) is 30.1 Å². The first-order valence-electron chi connectivity index (χ1n) is 7.53. The van der Waals surface area contributed by atoms with Crippen LogP contribution in [-0.2, 0) is 13.6 Å². The SMILES string of the molecule is Cn1nnnc1C1CCCN(C(=O)NCc2ccccc2)C1. The van der Waals surface area contributed by atoms with Crippen LogP contribution in [0.4, 0.5) is 4.79 Å². The molecule has 0 aliphatic carbocycles. The van der Waals surface area contributed by atoms with Crippen molar-refractivity contribution in [2.24, 2.45) is 7.05 Å². The van der Waals surface area contributed by atoms with Crippen LogP contribution in [0.2, 0.25) is 0 Å². The highest BCUT2D eigenvalue weighted by Gasteiger charge is 2.27. The number of hydrogen-bond acceptors (Lipinski definition) is 4. The Bertz CT molecular complexity index is 626. The van der Waals surface area contributed by atoms with Gasteiger partial charge in [-0.3, -0.25) is 0 Å². The van der Waals surface area contributed by atoms with Crippen LogP contribution in [0, 0.1) is 0 Å². The van der Waals surface area contributed by atoms with Crippen molar-refractivity contribution in [1.29, 1.82) is 0 Å². The number of likely N-dealkylation sites (tertiary alicyclic amines) is 1. The van der Waals surface area contributed by atoms with E-state index in [1.165, 1.54) is 0 Å². The van der Waals surface area contributed by atoms with Gasteiger partial charge in [-0.25, -0.2) is 9.48 Å². The van der Waals surface area contributed by atoms with Crippen LogP contribution >= 0.6 is 0 Å². The molecule has 1 unspecified atom stereocenters. The molecule has 1 saturated heterocycles. The third kappa shape index (κ3) is 3.24. The Morgan fingerprint density at radius 2 is 2.18 bits per heavy atom. The zero-order valence-electron chi connectivity index (χ0n) is 12.6. The van der Waals surface area contributed by atoms with Gasteiger partial charge in [-0.05, 0) is 28.8 Å². The normalized spacial score (nSPS) is 18.2. The minimum absolute atomic E-state index is 0.0244. The molecule has 1 aliphatic rings. The maximum absolute atomic E-state index is 12.3. The second-order valence-corrected chi connectivity index (χ2v) is 5.59. The number of benzene rings is 1. The van der Waals surface area contributed by atoms with E-state index in [1.807, 2.05) is 42.3 Å². The van der Waals surface area contributed by atoms with E-state index < -0.39 is 0 Å². The van der Waals surface area contributed by atoms with Crippen molar-refractivity contribution < 1.29 is 4.79 Å². The van der Waals surface area contributed by atoms with Crippen LogP contribution < -0.4 is 5.32 Å². The number of amides is 2. The van der Waals surface area contributed by atoms with Crippen molar-refractivity contribution >= 4 is 6.03 Å². The van der Waals surface area contributed by atoms with Gasteiger partial charge in [-0.1, -0.05) is 30.3 Å². The van der Waals surface area contributed by atoms with Gasteiger partial charge < -0.3 is 10.2 Å². The molecule has 22 heavy (non-hydrogen) atoms. The summed E-state index contributed by atoms with van der Waals surface area (Å²) in [5.41, 5.74) is 1.10. The number of tetrazole rings is 1. The number of nitrogens with one attached hydrogen (secondary N) is 1. The van der Waals surface area contributed by atoms with Gasteiger partial charge in [-0.2, -0.15) is 0 Å². The number of nitrogens with zero attached hydrogens (tertiary/aromatic N) is 5. The van der Waals surface area contributed by atoms with Gasteiger partial charge in [0.05, 0.1) is 0 Å². The Hall–Kier alpha value is -2.44. The number of aromatic nitrogens is 4. The highest BCUT2D eigenvalue weighted by Crippen LogP contribution is 2.24. The van der Waals surface area contributed by atoms with Gasteiger partial charge in [0.15, 0.2) is 5.82 Å². The summed E-state index contributed by atoms with van der Waals surface area (Å²) in [5.74, 6) is 1.05. The molecule has 0 saturated carbocycles. The number of urea groups is 1. The number of carbonyl (C=O) groups is 1. The second-order valence-electron chi connectivity index (χ2n) is 5.59. The molecule has 7 heteroatoms. The molecule has 7 nitrogen and oxygen atoms in total. The van der Waals surface area contributed by atoms with Crippen LogP contribution in [0.15, 0.2) is 30.3 Å². The Balaban J connectivity index is 1.57. The molecule has 1 N–H and O–H groups in total. The summed E-state index contributed by atoms with van der Waals surface area (Å²) in [5, 5.41) is 14.6. The predicted molar refractivity (Wildman–Crippen MR) is 81.0 cm³/mol. The lowest BCUT2D eigenvalue weighted by Gasteiger charge is -2.31. The summed E-state index contributed by atoms with van der Waals surface area (Å²) in [6, 6.07) is 9.90. The highest BCUT2D eigenvalue weighted by atomic mass is 16.2. The third-order valence-corrected chi connectivity index (χ3v) is 4.01. The van der Waals surface area contributed by atoms with Crippen molar-refractivity contribution in [2.75, 3.05) is 13.1 Å². The predicted octanol–water partition coefficient (Wildman–Crippen LogP) is 1.30. The third-order valence-electron chi connectivity index (χ3n) is 4.01. The quantitative estimate of drug-likeness (QED) is 0.927. The largest absolute Gasteiger partial charge is 0.334 e. The number of hydrogen-bond donors (Lipinski definition) is 1. The average molecular weight is 300 g/mol. The van der Waals surface area contributed by atoms with E-state index in [-0.39, 0.29) is 11.9 Å². The molecule has 1 aromatic heterocycles. The molecule has 3 rings (SSSR count). The van der Waals surface area contributed by atoms with Crippen LogP contribution in [0.5, 0.6) is 0 Å². The zero-order chi connectivity index (χ0) is 15.4. The van der Waals surface area contributed by atoms with Crippen molar-refractivity contribution in [3.8, 4) is 0 Å². The van der Waals surface area contributed by atoms with Crippen molar-refractivity contribution in [2.45, 2.75) is 25.3 Å². The summed E-state index contributed by atoms with van der Waals surface area (Å²) in [6.07, 6.45) is 1.98. The lowest BCUT2D eigenvalue weighted by molar-refractivity contribution is 0.177. The van der Waals surface area contributed by atoms with Gasteiger partial charge in [0.1, 0.15) is 0 Å². The van der Waals surface area contributed by atoms with Crippen LogP contribution in [0.3, 0.4) is 0 Å². The summed E-state index contributed by atoms with van der Waals surface area (Å²) in [7, 11) is 1.84. The van der Waals surface area contributed by atoms with Crippen molar-refractivity contribution in [3.63, 3.8) is 0 Å². The molecule has 2 aromatic rings. The van der Waals surface area contributed by atoms with Crippen molar-refractivity contribution in [3.05, 3.63) is 41.7 Å². The lowest BCUT2D eigenvalue weighted by atomic mass is 9.97. The molecule has 1 aliphatic heterocycles. The Kier molecular flexibility index (Phi) is 4.32. The zero-order valence-corrected chi connectivity index (χ0v) is 12.6. The minimum atomic E-state index is -0.0244. The first kappa shape index (κ1) is 14.5. The minimum Gasteiger partial charge on any atom is -0.334 e. The van der Waals surface area contributed by atoms with Gasteiger partial charge in [0, 0.05) is 32.6 Å². The second kappa shape index (κ2) is 6.55. The average Bonchev–Trinajstić information content (AvgIpc) is 3.00. The maximum atomic E-state index is 12.3. The first-order valence-corrected chi connectivity index (χ1v) is 7.53. The molecule has 2 heterocycles. The number of rotatable bonds is 3.